The van der Waals surface area contributed by atoms with Crippen molar-refractivity contribution in [1.82, 2.24) is 4.73 Å². The van der Waals surface area contributed by atoms with Crippen molar-refractivity contribution >= 4 is 29.8 Å². The molecule has 29 heavy (non-hydrogen) atoms. The van der Waals surface area contributed by atoms with Gasteiger partial charge in [0.2, 0.25) is 11.8 Å². The summed E-state index contributed by atoms with van der Waals surface area (Å²) in [4.78, 5) is 17.4. The van der Waals surface area contributed by atoms with Gasteiger partial charge in [-0.3, -0.25) is 0 Å². The van der Waals surface area contributed by atoms with E-state index >= 15 is 0 Å². The predicted octanol–water partition coefficient (Wildman–Crippen LogP) is 2.93. The van der Waals surface area contributed by atoms with Crippen molar-refractivity contribution in [2.75, 3.05) is 0 Å². The zero-order chi connectivity index (χ0) is 20.2. The number of nitrogens with zero attached hydrogens (tertiary/aromatic N) is 1. The summed E-state index contributed by atoms with van der Waals surface area (Å²) >= 11 is 0. The topological polar surface area (TPSA) is 71.7 Å². The number of carbonyl (C=O) groups is 1. The van der Waals surface area contributed by atoms with E-state index in [0.717, 1.165) is 5.30 Å². The third-order valence-corrected chi connectivity index (χ3v) is 6.81. The number of aromatic hydroxyl groups is 2. The number of benzene rings is 3. The largest absolute Gasteiger partial charge is 0.492 e. The van der Waals surface area contributed by atoms with Crippen LogP contribution in [-0.2, 0) is 0 Å². The Morgan fingerprint density at radius 2 is 1.10 bits per heavy atom. The molecule has 0 aliphatic rings. The van der Waals surface area contributed by atoms with Gasteiger partial charge < -0.3 is 15.1 Å². The van der Waals surface area contributed by atoms with Crippen molar-refractivity contribution in [3.8, 4) is 11.8 Å². The minimum absolute atomic E-state index is 0.317. The third kappa shape index (κ3) is 4.00. The highest BCUT2D eigenvalue weighted by Gasteiger charge is 2.18. The lowest BCUT2D eigenvalue weighted by Crippen LogP contribution is -2.22. The number of hydrogen-bond donors (Lipinski definition) is 2. The van der Waals surface area contributed by atoms with Crippen LogP contribution >= 0.6 is 7.92 Å². The summed E-state index contributed by atoms with van der Waals surface area (Å²) in [5, 5.41) is 22.8. The SMILES string of the molecule is O=C(On1c(O)ccc1O)c1ccc(P(c2ccccc2)c2ccccc2)cc1. The lowest BCUT2D eigenvalue weighted by Gasteiger charge is -2.19. The molecule has 0 amide bonds. The van der Waals surface area contributed by atoms with E-state index in [1.54, 1.807) is 12.1 Å². The maximum absolute atomic E-state index is 12.4. The van der Waals surface area contributed by atoms with Crippen LogP contribution < -0.4 is 20.8 Å². The first-order chi connectivity index (χ1) is 14.1. The Kier molecular flexibility index (Phi) is 5.32. The highest BCUT2D eigenvalue weighted by molar-refractivity contribution is 7.79. The molecule has 5 nitrogen and oxygen atoms in total. The second-order valence-electron chi connectivity index (χ2n) is 6.28. The summed E-state index contributed by atoms with van der Waals surface area (Å²) in [6, 6.07) is 30.2. The fourth-order valence-corrected chi connectivity index (χ4v) is 5.26. The van der Waals surface area contributed by atoms with Crippen LogP contribution in [0.1, 0.15) is 10.4 Å². The summed E-state index contributed by atoms with van der Waals surface area (Å²) in [7, 11) is -0.766. The van der Waals surface area contributed by atoms with E-state index in [9.17, 15) is 15.0 Å². The zero-order valence-corrected chi connectivity index (χ0v) is 16.2. The van der Waals surface area contributed by atoms with Crippen LogP contribution in [0, 0.1) is 0 Å². The summed E-state index contributed by atoms with van der Waals surface area (Å²) in [6.45, 7) is 0. The lowest BCUT2D eigenvalue weighted by molar-refractivity contribution is 0.0382. The highest BCUT2D eigenvalue weighted by atomic mass is 31.1. The van der Waals surface area contributed by atoms with Gasteiger partial charge in [-0.1, -0.05) is 72.8 Å². The first-order valence-electron chi connectivity index (χ1n) is 8.96. The Bertz CT molecular complexity index is 1050. The zero-order valence-electron chi connectivity index (χ0n) is 15.3. The number of aromatic nitrogens is 1. The first kappa shape index (κ1) is 18.8. The van der Waals surface area contributed by atoms with Gasteiger partial charge in [-0.05, 0) is 36.0 Å². The maximum Gasteiger partial charge on any atom is 0.363 e. The Morgan fingerprint density at radius 3 is 1.59 bits per heavy atom. The Morgan fingerprint density at radius 1 is 0.655 bits per heavy atom. The van der Waals surface area contributed by atoms with Gasteiger partial charge in [0.05, 0.1) is 5.56 Å². The summed E-state index contributed by atoms with van der Waals surface area (Å²) in [5.74, 6) is -1.39. The molecule has 0 aliphatic carbocycles. The van der Waals surface area contributed by atoms with Crippen molar-refractivity contribution in [3.63, 3.8) is 0 Å². The molecule has 0 aliphatic heterocycles. The fourth-order valence-electron chi connectivity index (χ4n) is 2.98. The lowest BCUT2D eigenvalue weighted by atomic mass is 10.2. The van der Waals surface area contributed by atoms with Gasteiger partial charge in [0.25, 0.3) is 0 Å². The highest BCUT2D eigenvalue weighted by Crippen LogP contribution is 2.32. The van der Waals surface area contributed by atoms with Gasteiger partial charge in [-0.2, -0.15) is 0 Å². The number of rotatable bonds is 5. The molecule has 1 heterocycles. The van der Waals surface area contributed by atoms with Gasteiger partial charge in [0, 0.05) is 12.1 Å². The number of hydrogen-bond acceptors (Lipinski definition) is 4. The molecule has 6 heteroatoms. The normalized spacial score (nSPS) is 10.8. The average Bonchev–Trinajstić information content (AvgIpc) is 3.08. The van der Waals surface area contributed by atoms with Gasteiger partial charge in [0.1, 0.15) is 0 Å². The van der Waals surface area contributed by atoms with Crippen LogP contribution in [0.2, 0.25) is 0 Å². The van der Waals surface area contributed by atoms with E-state index < -0.39 is 13.9 Å². The van der Waals surface area contributed by atoms with Crippen molar-refractivity contribution in [1.29, 1.82) is 0 Å². The molecule has 1 aromatic heterocycles. The van der Waals surface area contributed by atoms with Crippen LogP contribution in [0.15, 0.2) is 97.1 Å². The minimum Gasteiger partial charge on any atom is -0.492 e. The number of carbonyl (C=O) groups excluding carboxylic acids is 1. The van der Waals surface area contributed by atoms with Crippen LogP contribution in [0.4, 0.5) is 0 Å². The molecule has 2 N–H and O–H groups in total. The molecular formula is C23H18NO4P. The third-order valence-electron chi connectivity index (χ3n) is 4.36. The molecule has 0 unspecified atom stereocenters. The standard InChI is InChI=1S/C23H18NO4P/c25-21-15-16-22(26)24(21)28-23(27)17-11-13-20(14-12-17)29(18-7-3-1-4-8-18)19-9-5-2-6-10-19/h1-16,25-26H. The fraction of sp³-hybridized carbons (Fsp3) is 0. The molecule has 4 aromatic rings. The van der Waals surface area contributed by atoms with Crippen LogP contribution in [0.5, 0.6) is 11.8 Å². The average molecular weight is 403 g/mol. The maximum atomic E-state index is 12.4. The molecule has 3 aromatic carbocycles. The van der Waals surface area contributed by atoms with Crippen LogP contribution in [0.3, 0.4) is 0 Å². The van der Waals surface area contributed by atoms with Crippen LogP contribution in [0.25, 0.3) is 0 Å². The van der Waals surface area contributed by atoms with E-state index in [-0.39, 0.29) is 11.8 Å². The molecular weight excluding hydrogens is 385 g/mol. The monoisotopic (exact) mass is 403 g/mol. The van der Waals surface area contributed by atoms with Crippen molar-refractivity contribution in [2.24, 2.45) is 0 Å². The second kappa shape index (κ2) is 8.21. The Balaban J connectivity index is 1.63. The molecule has 0 saturated heterocycles. The van der Waals surface area contributed by atoms with Gasteiger partial charge in [-0.15, -0.1) is 4.73 Å². The second-order valence-corrected chi connectivity index (χ2v) is 8.50. The van der Waals surface area contributed by atoms with Crippen molar-refractivity contribution < 1.29 is 19.8 Å². The summed E-state index contributed by atoms with van der Waals surface area (Å²) < 4.78 is 0.678. The molecule has 0 radical (unpaired) electrons. The van der Waals surface area contributed by atoms with Gasteiger partial charge in [0.15, 0.2) is 0 Å². The quantitative estimate of drug-likeness (QED) is 0.503. The molecule has 0 bridgehead atoms. The smallest absolute Gasteiger partial charge is 0.363 e. The first-order valence-corrected chi connectivity index (χ1v) is 10.3. The Labute approximate surface area is 169 Å². The summed E-state index contributed by atoms with van der Waals surface area (Å²) in [6.07, 6.45) is 0. The molecule has 0 atom stereocenters. The van der Waals surface area contributed by atoms with E-state index in [2.05, 4.69) is 24.3 Å². The van der Waals surface area contributed by atoms with E-state index in [0.29, 0.717) is 10.3 Å². The van der Waals surface area contributed by atoms with E-state index in [1.807, 2.05) is 48.5 Å². The van der Waals surface area contributed by atoms with Gasteiger partial charge >= 0.3 is 5.97 Å². The molecule has 4 rings (SSSR count). The molecule has 144 valence electrons. The van der Waals surface area contributed by atoms with Crippen molar-refractivity contribution in [2.45, 2.75) is 0 Å². The Hall–Kier alpha value is -3.56. The van der Waals surface area contributed by atoms with Crippen molar-refractivity contribution in [3.05, 3.63) is 103 Å². The predicted molar refractivity (Wildman–Crippen MR) is 114 cm³/mol. The van der Waals surface area contributed by atoms with Crippen LogP contribution in [-0.4, -0.2) is 20.9 Å². The molecule has 0 fully saturated rings. The summed E-state index contributed by atoms with van der Waals surface area (Å²) in [5.41, 5.74) is 0.317. The van der Waals surface area contributed by atoms with E-state index in [4.69, 9.17) is 4.84 Å². The molecule has 0 spiro atoms. The van der Waals surface area contributed by atoms with E-state index in [1.165, 1.54) is 22.7 Å². The minimum atomic E-state index is -0.766. The van der Waals surface area contributed by atoms with Gasteiger partial charge in [-0.25, -0.2) is 4.79 Å². The molecule has 0 saturated carbocycles.